The highest BCUT2D eigenvalue weighted by Gasteiger charge is 2.08. The first-order valence-electron chi connectivity index (χ1n) is 9.57. The van der Waals surface area contributed by atoms with E-state index in [0.717, 1.165) is 32.4 Å². The molecule has 0 amide bonds. The van der Waals surface area contributed by atoms with E-state index in [4.69, 9.17) is 4.74 Å². The van der Waals surface area contributed by atoms with Gasteiger partial charge in [-0.2, -0.15) is 0 Å². The summed E-state index contributed by atoms with van der Waals surface area (Å²) in [6, 6.07) is 0. The quantitative estimate of drug-likeness (QED) is 0.319. The number of nitrogens with one attached hydrogen (secondary N) is 1. The van der Waals surface area contributed by atoms with Gasteiger partial charge in [0.1, 0.15) is 0 Å². The van der Waals surface area contributed by atoms with Crippen molar-refractivity contribution in [1.29, 1.82) is 0 Å². The first kappa shape index (κ1) is 21.4. The van der Waals surface area contributed by atoms with E-state index >= 15 is 0 Å². The molecule has 0 rings (SSSR count). The first-order chi connectivity index (χ1) is 10.7. The number of esters is 1. The average molecular weight is 314 g/mol. The highest BCUT2D eigenvalue weighted by molar-refractivity contribution is 5.69. The molecule has 0 saturated heterocycles. The van der Waals surface area contributed by atoms with Crippen molar-refractivity contribution in [2.24, 2.45) is 5.92 Å². The highest BCUT2D eigenvalue weighted by atomic mass is 16.5. The van der Waals surface area contributed by atoms with E-state index in [2.05, 4.69) is 26.1 Å². The zero-order valence-electron chi connectivity index (χ0n) is 15.3. The Balaban J connectivity index is 3.18. The summed E-state index contributed by atoms with van der Waals surface area (Å²) in [6.07, 6.45) is 13.2. The van der Waals surface area contributed by atoms with E-state index in [1.165, 1.54) is 44.9 Å². The van der Waals surface area contributed by atoms with Crippen molar-refractivity contribution in [3.8, 4) is 0 Å². The number of hydrogen-bond donors (Lipinski definition) is 1. The summed E-state index contributed by atoms with van der Waals surface area (Å²) in [5.41, 5.74) is 0. The number of carbonyl (C=O) groups is 1. The van der Waals surface area contributed by atoms with Crippen molar-refractivity contribution in [3.05, 3.63) is 0 Å². The number of unbranched alkanes of at least 4 members (excludes halogenated alkanes) is 6. The van der Waals surface area contributed by atoms with Crippen molar-refractivity contribution in [2.45, 2.75) is 91.4 Å². The van der Waals surface area contributed by atoms with Gasteiger partial charge in [0.2, 0.25) is 0 Å². The summed E-state index contributed by atoms with van der Waals surface area (Å²) in [5, 5.41) is 3.43. The van der Waals surface area contributed by atoms with Crippen LogP contribution < -0.4 is 5.32 Å². The van der Waals surface area contributed by atoms with Gasteiger partial charge in [0.25, 0.3) is 0 Å². The van der Waals surface area contributed by atoms with E-state index in [1.54, 1.807) is 0 Å². The predicted octanol–water partition coefficient (Wildman–Crippen LogP) is 5.09. The van der Waals surface area contributed by atoms with Crippen LogP contribution >= 0.6 is 0 Å². The second kappa shape index (κ2) is 16.8. The Morgan fingerprint density at radius 3 is 2.23 bits per heavy atom. The molecule has 132 valence electrons. The molecule has 0 bridgehead atoms. The molecule has 0 aromatic heterocycles. The third-order valence-electron chi connectivity index (χ3n) is 4.01. The third kappa shape index (κ3) is 15.8. The molecule has 3 heteroatoms. The lowest BCUT2D eigenvalue weighted by molar-refractivity contribution is -0.144. The molecule has 0 aromatic carbocycles. The van der Waals surface area contributed by atoms with Crippen molar-refractivity contribution in [3.63, 3.8) is 0 Å². The molecule has 0 fully saturated rings. The fraction of sp³-hybridized carbons (Fsp3) is 0.947. The van der Waals surface area contributed by atoms with Crippen LogP contribution in [0.5, 0.6) is 0 Å². The Morgan fingerprint density at radius 1 is 0.909 bits per heavy atom. The van der Waals surface area contributed by atoms with Gasteiger partial charge in [-0.1, -0.05) is 72.1 Å². The summed E-state index contributed by atoms with van der Waals surface area (Å²) < 4.78 is 5.26. The summed E-state index contributed by atoms with van der Waals surface area (Å²) in [4.78, 5) is 11.6. The first-order valence-corrected chi connectivity index (χ1v) is 9.57. The molecule has 3 nitrogen and oxygen atoms in total. The lowest BCUT2D eigenvalue weighted by Gasteiger charge is -2.10. The molecule has 0 aliphatic rings. The monoisotopic (exact) mass is 313 g/mol. The van der Waals surface area contributed by atoms with Crippen LogP contribution in [0.25, 0.3) is 0 Å². The van der Waals surface area contributed by atoms with Crippen LogP contribution in [0.4, 0.5) is 0 Å². The van der Waals surface area contributed by atoms with Crippen LogP contribution in [0.3, 0.4) is 0 Å². The molecule has 0 spiro atoms. The fourth-order valence-corrected chi connectivity index (χ4v) is 2.65. The molecular formula is C19H39NO2. The van der Waals surface area contributed by atoms with E-state index < -0.39 is 0 Å². The van der Waals surface area contributed by atoms with Crippen LogP contribution in [0.1, 0.15) is 91.4 Å². The molecule has 1 N–H and O–H groups in total. The number of rotatable bonds is 16. The zero-order valence-corrected chi connectivity index (χ0v) is 15.3. The summed E-state index contributed by atoms with van der Waals surface area (Å²) in [5.74, 6) is 0.418. The van der Waals surface area contributed by atoms with Gasteiger partial charge in [0.15, 0.2) is 0 Å². The lowest BCUT2D eigenvalue weighted by Crippen LogP contribution is -2.19. The van der Waals surface area contributed by atoms with Crippen LogP contribution in [-0.4, -0.2) is 25.7 Å². The maximum atomic E-state index is 11.6. The average Bonchev–Trinajstić information content (AvgIpc) is 2.48. The highest BCUT2D eigenvalue weighted by Crippen LogP contribution is 2.10. The van der Waals surface area contributed by atoms with E-state index in [9.17, 15) is 4.79 Å². The Labute approximate surface area is 138 Å². The minimum Gasteiger partial charge on any atom is -0.466 e. The molecule has 1 atom stereocenters. The largest absolute Gasteiger partial charge is 0.466 e. The van der Waals surface area contributed by atoms with Gasteiger partial charge in [-0.3, -0.25) is 4.79 Å². The van der Waals surface area contributed by atoms with Crippen LogP contribution in [-0.2, 0) is 9.53 Å². The van der Waals surface area contributed by atoms with Crippen molar-refractivity contribution < 1.29 is 9.53 Å². The summed E-state index contributed by atoms with van der Waals surface area (Å²) >= 11 is 0. The minimum atomic E-state index is -0.0342. The molecular weight excluding hydrogens is 274 g/mol. The normalized spacial score (nSPS) is 12.3. The fourth-order valence-electron chi connectivity index (χ4n) is 2.65. The molecule has 22 heavy (non-hydrogen) atoms. The van der Waals surface area contributed by atoms with Crippen LogP contribution in [0.15, 0.2) is 0 Å². The standard InChI is InChI=1S/C19H39NO2/c1-4-6-7-8-9-10-11-14-20-15-12-16-22-19(21)17-18(3)13-5-2/h18,20H,4-17H2,1-3H3. The zero-order chi connectivity index (χ0) is 16.5. The van der Waals surface area contributed by atoms with Crippen molar-refractivity contribution >= 4 is 5.97 Å². The van der Waals surface area contributed by atoms with Crippen molar-refractivity contribution in [2.75, 3.05) is 19.7 Å². The van der Waals surface area contributed by atoms with Gasteiger partial charge in [0.05, 0.1) is 6.61 Å². The minimum absolute atomic E-state index is 0.0342. The van der Waals surface area contributed by atoms with Gasteiger partial charge in [-0.25, -0.2) is 0 Å². The van der Waals surface area contributed by atoms with Gasteiger partial charge >= 0.3 is 5.97 Å². The van der Waals surface area contributed by atoms with Gasteiger partial charge in [0, 0.05) is 6.42 Å². The molecule has 0 aliphatic carbocycles. The maximum absolute atomic E-state index is 11.6. The lowest BCUT2D eigenvalue weighted by atomic mass is 10.0. The molecule has 0 saturated carbocycles. The van der Waals surface area contributed by atoms with Crippen molar-refractivity contribution in [1.82, 2.24) is 5.32 Å². The summed E-state index contributed by atoms with van der Waals surface area (Å²) in [6.45, 7) is 9.13. The second-order valence-electron chi connectivity index (χ2n) is 6.54. The molecule has 0 aromatic rings. The van der Waals surface area contributed by atoms with E-state index in [1.807, 2.05) is 0 Å². The smallest absolute Gasteiger partial charge is 0.306 e. The van der Waals surface area contributed by atoms with Gasteiger partial charge in [-0.05, 0) is 31.8 Å². The number of carbonyl (C=O) groups excluding carboxylic acids is 1. The SMILES string of the molecule is CCCCCCCCCNCCCOC(=O)CC(C)CCC. The third-order valence-corrected chi connectivity index (χ3v) is 4.01. The molecule has 0 heterocycles. The summed E-state index contributed by atoms with van der Waals surface area (Å²) in [7, 11) is 0. The Bertz CT molecular complexity index is 244. The number of ether oxygens (including phenoxy) is 1. The maximum Gasteiger partial charge on any atom is 0.306 e. The van der Waals surface area contributed by atoms with E-state index in [-0.39, 0.29) is 5.97 Å². The number of hydrogen-bond acceptors (Lipinski definition) is 3. The topological polar surface area (TPSA) is 38.3 Å². The molecule has 1 unspecified atom stereocenters. The van der Waals surface area contributed by atoms with Crippen LogP contribution in [0.2, 0.25) is 0 Å². The van der Waals surface area contributed by atoms with Gasteiger partial charge < -0.3 is 10.1 Å². The predicted molar refractivity (Wildman–Crippen MR) is 95.1 cm³/mol. The van der Waals surface area contributed by atoms with E-state index in [0.29, 0.717) is 18.9 Å². The van der Waals surface area contributed by atoms with Crippen LogP contribution in [0, 0.1) is 5.92 Å². The molecule has 0 aliphatic heterocycles. The Kier molecular flexibility index (Phi) is 16.4. The Hall–Kier alpha value is -0.570. The molecule has 0 radical (unpaired) electrons. The second-order valence-corrected chi connectivity index (χ2v) is 6.54. The van der Waals surface area contributed by atoms with Gasteiger partial charge in [-0.15, -0.1) is 0 Å². The Morgan fingerprint density at radius 2 is 1.55 bits per heavy atom.